The Morgan fingerprint density at radius 3 is 2.35 bits per heavy atom. The van der Waals surface area contributed by atoms with Gasteiger partial charge in [-0.3, -0.25) is 9.36 Å². The minimum absolute atomic E-state index is 0.0426. The van der Waals surface area contributed by atoms with Crippen molar-refractivity contribution in [2.75, 3.05) is 11.1 Å². The van der Waals surface area contributed by atoms with Crippen molar-refractivity contribution in [3.8, 4) is 5.69 Å². The normalized spacial score (nSPS) is 11.4. The molecular formula is C24H21ClN4O3S2. The summed E-state index contributed by atoms with van der Waals surface area (Å²) >= 11 is 7.27. The van der Waals surface area contributed by atoms with Gasteiger partial charge in [-0.15, -0.1) is 10.2 Å². The van der Waals surface area contributed by atoms with Crippen LogP contribution in [-0.2, 0) is 20.4 Å². The summed E-state index contributed by atoms with van der Waals surface area (Å²) in [5.74, 6) is -0.291. The van der Waals surface area contributed by atoms with Gasteiger partial charge >= 0.3 is 0 Å². The third-order valence-corrected chi connectivity index (χ3v) is 7.78. The average molecular weight is 513 g/mol. The summed E-state index contributed by atoms with van der Waals surface area (Å²) in [5.41, 5.74) is 2.19. The lowest BCUT2D eigenvalue weighted by atomic mass is 10.2. The molecule has 3 aromatic carbocycles. The first-order valence-corrected chi connectivity index (χ1v) is 13.3. The summed E-state index contributed by atoms with van der Waals surface area (Å²) in [6.07, 6.45) is 0. The molecule has 1 amide bonds. The van der Waals surface area contributed by atoms with E-state index in [1.54, 1.807) is 53.1 Å². The lowest BCUT2D eigenvalue weighted by Crippen LogP contribution is -2.15. The topological polar surface area (TPSA) is 94.0 Å². The number of carbonyl (C=O) groups excluding carboxylic acids is 1. The number of aromatic nitrogens is 3. The molecule has 0 fully saturated rings. The predicted molar refractivity (Wildman–Crippen MR) is 134 cm³/mol. The number of nitrogens with one attached hydrogen (secondary N) is 1. The lowest BCUT2D eigenvalue weighted by Gasteiger charge is -2.11. The largest absolute Gasteiger partial charge is 0.324 e. The molecule has 10 heteroatoms. The van der Waals surface area contributed by atoms with E-state index in [1.165, 1.54) is 0 Å². The van der Waals surface area contributed by atoms with Crippen LogP contribution < -0.4 is 5.32 Å². The van der Waals surface area contributed by atoms with Crippen LogP contribution in [0.2, 0.25) is 5.02 Å². The van der Waals surface area contributed by atoms with Gasteiger partial charge in [0, 0.05) is 5.69 Å². The molecule has 0 spiro atoms. The van der Waals surface area contributed by atoms with Crippen LogP contribution in [0.15, 0.2) is 88.9 Å². The van der Waals surface area contributed by atoms with Crippen molar-refractivity contribution in [3.05, 3.63) is 95.3 Å². The Morgan fingerprint density at radius 2 is 1.65 bits per heavy atom. The molecule has 34 heavy (non-hydrogen) atoms. The Kier molecular flexibility index (Phi) is 7.35. The maximum Gasteiger partial charge on any atom is 0.234 e. The molecule has 1 aromatic heterocycles. The van der Waals surface area contributed by atoms with Crippen molar-refractivity contribution in [3.63, 3.8) is 0 Å². The minimum Gasteiger partial charge on any atom is -0.324 e. The summed E-state index contributed by atoms with van der Waals surface area (Å²) in [6.45, 7) is 1.90. The van der Waals surface area contributed by atoms with Gasteiger partial charge in [0.1, 0.15) is 5.75 Å². The molecule has 0 atom stereocenters. The van der Waals surface area contributed by atoms with Gasteiger partial charge in [0.25, 0.3) is 0 Å². The molecule has 4 rings (SSSR count). The van der Waals surface area contributed by atoms with Crippen LogP contribution in [0.5, 0.6) is 0 Å². The van der Waals surface area contributed by atoms with Crippen LogP contribution in [0.25, 0.3) is 5.69 Å². The van der Waals surface area contributed by atoms with Crippen molar-refractivity contribution in [1.29, 1.82) is 0 Å². The molecule has 174 valence electrons. The van der Waals surface area contributed by atoms with E-state index in [1.807, 2.05) is 37.3 Å². The minimum atomic E-state index is -3.65. The third-order valence-electron chi connectivity index (χ3n) is 4.89. The van der Waals surface area contributed by atoms with Gasteiger partial charge in [-0.25, -0.2) is 8.42 Å². The van der Waals surface area contributed by atoms with E-state index in [9.17, 15) is 13.2 Å². The Morgan fingerprint density at radius 1 is 0.971 bits per heavy atom. The number of para-hydroxylation sites is 2. The van der Waals surface area contributed by atoms with Crippen molar-refractivity contribution < 1.29 is 13.2 Å². The highest BCUT2D eigenvalue weighted by molar-refractivity contribution is 7.99. The van der Waals surface area contributed by atoms with Crippen LogP contribution >= 0.6 is 23.4 Å². The van der Waals surface area contributed by atoms with Gasteiger partial charge in [-0.1, -0.05) is 71.4 Å². The highest BCUT2D eigenvalue weighted by Crippen LogP contribution is 2.26. The number of rotatable bonds is 8. The first-order valence-electron chi connectivity index (χ1n) is 10.3. The average Bonchev–Trinajstić information content (AvgIpc) is 3.21. The van der Waals surface area contributed by atoms with E-state index in [2.05, 4.69) is 15.5 Å². The summed E-state index contributed by atoms with van der Waals surface area (Å²) in [4.78, 5) is 12.7. The Balaban J connectivity index is 1.58. The Labute approximate surface area is 207 Å². The molecule has 0 unspecified atom stereocenters. The predicted octanol–water partition coefficient (Wildman–Crippen LogP) is 4.93. The van der Waals surface area contributed by atoms with Crippen LogP contribution in [0.4, 0.5) is 5.69 Å². The number of amides is 1. The molecule has 0 bridgehead atoms. The van der Waals surface area contributed by atoms with Gasteiger partial charge in [0.2, 0.25) is 5.91 Å². The molecule has 7 nitrogen and oxygen atoms in total. The van der Waals surface area contributed by atoms with Crippen LogP contribution in [-0.4, -0.2) is 34.8 Å². The summed E-state index contributed by atoms with van der Waals surface area (Å²) in [5, 5.41) is 12.0. The molecule has 0 aliphatic heterocycles. The monoisotopic (exact) mass is 512 g/mol. The highest BCUT2D eigenvalue weighted by Gasteiger charge is 2.23. The van der Waals surface area contributed by atoms with Gasteiger partial charge in [-0.2, -0.15) is 0 Å². The molecule has 4 aromatic rings. The summed E-state index contributed by atoms with van der Waals surface area (Å²) in [6, 6.07) is 22.9. The van der Waals surface area contributed by atoms with Gasteiger partial charge < -0.3 is 5.32 Å². The van der Waals surface area contributed by atoms with Crippen LogP contribution in [0, 0.1) is 6.92 Å². The zero-order chi connectivity index (χ0) is 24.1. The number of benzene rings is 3. The zero-order valence-electron chi connectivity index (χ0n) is 18.2. The van der Waals surface area contributed by atoms with E-state index in [0.29, 0.717) is 21.6 Å². The number of hydrogen-bond acceptors (Lipinski definition) is 6. The highest BCUT2D eigenvalue weighted by atomic mass is 35.5. The standard InChI is InChI=1S/C24H21ClN4O3S2/c1-17-11-13-19(14-12-17)34(31,32)16-22-27-28-24(29(22)18-7-3-2-4-8-18)33-15-23(30)26-21-10-6-5-9-20(21)25/h2-14H,15-16H2,1H3,(H,26,30). The quantitative estimate of drug-likeness (QED) is 0.336. The fourth-order valence-electron chi connectivity index (χ4n) is 3.20. The smallest absolute Gasteiger partial charge is 0.234 e. The lowest BCUT2D eigenvalue weighted by molar-refractivity contribution is -0.113. The fraction of sp³-hybridized carbons (Fsp3) is 0.125. The molecular weight excluding hydrogens is 492 g/mol. The van der Waals surface area contributed by atoms with Crippen molar-refractivity contribution in [2.45, 2.75) is 22.7 Å². The first kappa shape index (κ1) is 24.0. The third kappa shape index (κ3) is 5.67. The van der Waals surface area contributed by atoms with E-state index >= 15 is 0 Å². The molecule has 0 saturated heterocycles. The van der Waals surface area contributed by atoms with Gasteiger partial charge in [0.05, 0.1) is 21.4 Å². The number of aryl methyl sites for hydroxylation is 1. The second-order valence-corrected chi connectivity index (χ2v) is 10.8. The van der Waals surface area contributed by atoms with E-state index in [-0.39, 0.29) is 28.1 Å². The van der Waals surface area contributed by atoms with Crippen LogP contribution in [0.1, 0.15) is 11.4 Å². The number of halogens is 1. The molecule has 0 aliphatic rings. The number of carbonyl (C=O) groups is 1. The SMILES string of the molecule is Cc1ccc(S(=O)(=O)Cc2nnc(SCC(=O)Nc3ccccc3Cl)n2-c2ccccc2)cc1. The first-order chi connectivity index (χ1) is 16.3. The van der Waals surface area contributed by atoms with E-state index in [4.69, 9.17) is 11.6 Å². The van der Waals surface area contributed by atoms with Crippen molar-refractivity contribution >= 4 is 44.8 Å². The van der Waals surface area contributed by atoms with E-state index < -0.39 is 9.84 Å². The molecule has 1 heterocycles. The van der Waals surface area contributed by atoms with Gasteiger partial charge in [0.15, 0.2) is 20.8 Å². The van der Waals surface area contributed by atoms with Crippen LogP contribution in [0.3, 0.4) is 0 Å². The van der Waals surface area contributed by atoms with Gasteiger partial charge in [-0.05, 0) is 43.3 Å². The van der Waals surface area contributed by atoms with Crippen molar-refractivity contribution in [2.24, 2.45) is 0 Å². The second kappa shape index (κ2) is 10.4. The number of nitrogens with zero attached hydrogens (tertiary/aromatic N) is 3. The zero-order valence-corrected chi connectivity index (χ0v) is 20.6. The molecule has 0 aliphatic carbocycles. The Bertz CT molecular complexity index is 1410. The molecule has 0 saturated carbocycles. The Hall–Kier alpha value is -3.14. The number of anilines is 1. The maximum absolute atomic E-state index is 13.0. The number of thioether (sulfide) groups is 1. The molecule has 0 radical (unpaired) electrons. The number of hydrogen-bond donors (Lipinski definition) is 1. The fourth-order valence-corrected chi connectivity index (χ4v) is 5.40. The van der Waals surface area contributed by atoms with Crippen molar-refractivity contribution in [1.82, 2.24) is 14.8 Å². The summed E-state index contributed by atoms with van der Waals surface area (Å²) in [7, 11) is -3.65. The number of sulfone groups is 1. The second-order valence-electron chi connectivity index (χ2n) is 7.46. The van der Waals surface area contributed by atoms with E-state index in [0.717, 1.165) is 17.3 Å². The maximum atomic E-state index is 13.0. The molecule has 1 N–H and O–H groups in total. The summed E-state index contributed by atoms with van der Waals surface area (Å²) < 4.78 is 27.8.